The molecule has 6 heteroatoms. The van der Waals surface area contributed by atoms with E-state index in [1.807, 2.05) is 32.0 Å². The van der Waals surface area contributed by atoms with Crippen LogP contribution in [0.15, 0.2) is 42.5 Å². The molecule has 0 radical (unpaired) electrons. The SMILES string of the molecule is Cc1ccc(C(Cl)(Cl)c2nn[nH]n2)cc1C.Cc1ccccc1C. The highest BCUT2D eigenvalue weighted by Gasteiger charge is 2.33. The summed E-state index contributed by atoms with van der Waals surface area (Å²) in [5.74, 6) is 0.249. The third kappa shape index (κ3) is 4.34. The molecule has 0 aliphatic rings. The van der Waals surface area contributed by atoms with Crippen LogP contribution in [-0.2, 0) is 4.33 Å². The third-order valence-corrected chi connectivity index (χ3v) is 4.70. The van der Waals surface area contributed by atoms with Crippen LogP contribution in [0.25, 0.3) is 0 Å². The number of tetrazole rings is 1. The number of hydrogen-bond donors (Lipinski definition) is 1. The van der Waals surface area contributed by atoms with Crippen LogP contribution in [-0.4, -0.2) is 20.6 Å². The van der Waals surface area contributed by atoms with Crippen molar-refractivity contribution < 1.29 is 0 Å². The fraction of sp³-hybridized carbons (Fsp3) is 0.278. The molecule has 0 amide bonds. The maximum atomic E-state index is 6.23. The molecule has 3 rings (SSSR count). The molecule has 1 heterocycles. The summed E-state index contributed by atoms with van der Waals surface area (Å²) in [5.41, 5.74) is 5.77. The van der Waals surface area contributed by atoms with Crippen molar-refractivity contribution in [2.75, 3.05) is 0 Å². The summed E-state index contributed by atoms with van der Waals surface area (Å²) in [6, 6.07) is 14.1. The molecule has 0 aliphatic heterocycles. The van der Waals surface area contributed by atoms with Gasteiger partial charge in [0, 0.05) is 0 Å². The molecule has 0 bridgehead atoms. The van der Waals surface area contributed by atoms with E-state index < -0.39 is 4.33 Å². The van der Waals surface area contributed by atoms with Gasteiger partial charge in [-0.1, -0.05) is 70.9 Å². The Morgan fingerprint density at radius 1 is 0.833 bits per heavy atom. The van der Waals surface area contributed by atoms with Crippen LogP contribution in [0.4, 0.5) is 0 Å². The third-order valence-electron chi connectivity index (χ3n) is 3.92. The fourth-order valence-electron chi connectivity index (χ4n) is 2.02. The average molecular weight is 363 g/mol. The Labute approximate surface area is 152 Å². The van der Waals surface area contributed by atoms with Crippen molar-refractivity contribution in [2.45, 2.75) is 32.0 Å². The first-order valence-electron chi connectivity index (χ1n) is 7.54. The summed E-state index contributed by atoms with van der Waals surface area (Å²) in [5, 5.41) is 13.4. The molecule has 0 aliphatic carbocycles. The molecule has 0 spiro atoms. The first kappa shape index (κ1) is 18.4. The number of nitrogens with zero attached hydrogens (tertiary/aromatic N) is 3. The summed E-state index contributed by atoms with van der Waals surface area (Å²) >= 11 is 12.5. The van der Waals surface area contributed by atoms with Crippen LogP contribution in [0.1, 0.15) is 33.6 Å². The summed E-state index contributed by atoms with van der Waals surface area (Å²) in [6.45, 7) is 8.27. The molecule has 24 heavy (non-hydrogen) atoms. The van der Waals surface area contributed by atoms with Gasteiger partial charge in [-0.3, -0.25) is 0 Å². The lowest BCUT2D eigenvalue weighted by Crippen LogP contribution is -2.15. The van der Waals surface area contributed by atoms with Crippen molar-refractivity contribution >= 4 is 23.2 Å². The summed E-state index contributed by atoms with van der Waals surface area (Å²) in [6.07, 6.45) is 0. The van der Waals surface area contributed by atoms with Crippen molar-refractivity contribution in [2.24, 2.45) is 0 Å². The van der Waals surface area contributed by atoms with Gasteiger partial charge in [-0.15, -0.1) is 10.2 Å². The van der Waals surface area contributed by atoms with Gasteiger partial charge in [0.1, 0.15) is 0 Å². The number of aryl methyl sites for hydroxylation is 4. The first-order chi connectivity index (χ1) is 11.3. The molecule has 0 saturated heterocycles. The monoisotopic (exact) mass is 362 g/mol. The highest BCUT2D eigenvalue weighted by atomic mass is 35.5. The van der Waals surface area contributed by atoms with Gasteiger partial charge in [-0.2, -0.15) is 5.21 Å². The predicted octanol–water partition coefficient (Wildman–Crippen LogP) is 4.80. The Bertz CT molecular complexity index is 778. The molecule has 2 aromatic carbocycles. The van der Waals surface area contributed by atoms with Crippen LogP contribution in [0, 0.1) is 27.7 Å². The van der Waals surface area contributed by atoms with Crippen LogP contribution in [0.2, 0.25) is 0 Å². The van der Waals surface area contributed by atoms with Crippen LogP contribution in [0.3, 0.4) is 0 Å². The topological polar surface area (TPSA) is 54.5 Å². The molecule has 4 nitrogen and oxygen atoms in total. The van der Waals surface area contributed by atoms with Gasteiger partial charge in [-0.05, 0) is 55.5 Å². The lowest BCUT2D eigenvalue weighted by atomic mass is 10.0. The van der Waals surface area contributed by atoms with E-state index in [1.165, 1.54) is 16.7 Å². The van der Waals surface area contributed by atoms with Gasteiger partial charge < -0.3 is 0 Å². The second-order valence-electron chi connectivity index (χ2n) is 5.69. The van der Waals surface area contributed by atoms with Crippen molar-refractivity contribution in [1.29, 1.82) is 0 Å². The lowest BCUT2D eigenvalue weighted by Gasteiger charge is -2.16. The number of benzene rings is 2. The van der Waals surface area contributed by atoms with Crippen molar-refractivity contribution in [3.8, 4) is 0 Å². The highest BCUT2D eigenvalue weighted by Crippen LogP contribution is 2.38. The number of aromatic amines is 1. The van der Waals surface area contributed by atoms with Gasteiger partial charge in [0.15, 0.2) is 0 Å². The number of alkyl halides is 2. The summed E-state index contributed by atoms with van der Waals surface area (Å²) in [7, 11) is 0. The minimum atomic E-state index is -1.27. The van der Waals surface area contributed by atoms with Crippen LogP contribution >= 0.6 is 23.2 Å². The van der Waals surface area contributed by atoms with E-state index in [0.29, 0.717) is 0 Å². The molecule has 3 aromatic rings. The second kappa shape index (κ2) is 7.77. The molecule has 0 unspecified atom stereocenters. The number of aromatic nitrogens is 4. The zero-order chi connectivity index (χ0) is 17.7. The standard InChI is InChI=1S/C10H10Cl2N4.C8H10/c1-6-3-4-8(5-7(6)2)10(11,12)9-13-15-16-14-9;1-7-5-3-4-6-8(7)2/h3-5H,1-2H3,(H,13,14,15,16);3-6H,1-2H3. The largest absolute Gasteiger partial charge is 0.215 e. The van der Waals surface area contributed by atoms with E-state index in [1.54, 1.807) is 0 Å². The minimum absolute atomic E-state index is 0.249. The molecule has 126 valence electrons. The van der Waals surface area contributed by atoms with Crippen molar-refractivity contribution in [3.05, 3.63) is 76.1 Å². The average Bonchev–Trinajstić information content (AvgIpc) is 3.09. The van der Waals surface area contributed by atoms with Crippen LogP contribution < -0.4 is 0 Å². The second-order valence-corrected chi connectivity index (χ2v) is 7.02. The Morgan fingerprint density at radius 3 is 1.88 bits per heavy atom. The predicted molar refractivity (Wildman–Crippen MR) is 98.5 cm³/mol. The minimum Gasteiger partial charge on any atom is -0.177 e. The Kier molecular flexibility index (Phi) is 5.97. The molecular weight excluding hydrogens is 343 g/mol. The van der Waals surface area contributed by atoms with Gasteiger partial charge in [0.05, 0.1) is 0 Å². The van der Waals surface area contributed by atoms with Gasteiger partial charge >= 0.3 is 0 Å². The van der Waals surface area contributed by atoms with E-state index >= 15 is 0 Å². The molecule has 0 atom stereocenters. The Balaban J connectivity index is 0.000000219. The Morgan fingerprint density at radius 2 is 1.42 bits per heavy atom. The smallest absolute Gasteiger partial charge is 0.177 e. The number of rotatable bonds is 2. The number of nitrogens with one attached hydrogen (secondary N) is 1. The lowest BCUT2D eigenvalue weighted by molar-refractivity contribution is 0.881. The maximum absolute atomic E-state index is 6.23. The van der Waals surface area contributed by atoms with Crippen LogP contribution in [0.5, 0.6) is 0 Å². The van der Waals surface area contributed by atoms with Gasteiger partial charge in [0.25, 0.3) is 0 Å². The molecular formula is C18H20Cl2N4. The fourth-order valence-corrected chi connectivity index (χ4v) is 2.42. The number of hydrogen-bond acceptors (Lipinski definition) is 3. The van der Waals surface area contributed by atoms with E-state index in [-0.39, 0.29) is 5.82 Å². The van der Waals surface area contributed by atoms with Gasteiger partial charge in [0.2, 0.25) is 10.2 Å². The quantitative estimate of drug-likeness (QED) is 0.666. The maximum Gasteiger partial charge on any atom is 0.215 e. The summed E-state index contributed by atoms with van der Waals surface area (Å²) in [4.78, 5) is 0. The van der Waals surface area contributed by atoms with E-state index in [9.17, 15) is 0 Å². The summed E-state index contributed by atoms with van der Waals surface area (Å²) < 4.78 is -1.27. The van der Waals surface area contributed by atoms with E-state index in [0.717, 1.165) is 11.1 Å². The van der Waals surface area contributed by atoms with E-state index in [4.69, 9.17) is 23.2 Å². The van der Waals surface area contributed by atoms with Crippen molar-refractivity contribution in [1.82, 2.24) is 20.6 Å². The van der Waals surface area contributed by atoms with Gasteiger partial charge in [-0.25, -0.2) is 0 Å². The normalized spacial score (nSPS) is 10.9. The zero-order valence-corrected chi connectivity index (χ0v) is 15.7. The first-order valence-corrected chi connectivity index (χ1v) is 8.29. The molecule has 1 aromatic heterocycles. The number of H-pyrrole nitrogens is 1. The zero-order valence-electron chi connectivity index (χ0n) is 14.1. The van der Waals surface area contributed by atoms with Crippen molar-refractivity contribution in [3.63, 3.8) is 0 Å². The number of halogens is 2. The molecule has 1 N–H and O–H groups in total. The van der Waals surface area contributed by atoms with E-state index in [2.05, 4.69) is 58.7 Å². The molecule has 0 fully saturated rings. The molecule has 0 saturated carbocycles. The highest BCUT2D eigenvalue weighted by molar-refractivity contribution is 6.49. The Hall–Kier alpha value is -1.91.